The van der Waals surface area contributed by atoms with Gasteiger partial charge in [0.05, 0.1) is 12.8 Å². The van der Waals surface area contributed by atoms with E-state index < -0.39 is 19.9 Å². The second-order valence-corrected chi connectivity index (χ2v) is 10.4. The van der Waals surface area contributed by atoms with E-state index in [4.69, 9.17) is 4.74 Å². The van der Waals surface area contributed by atoms with Crippen molar-refractivity contribution >= 4 is 25.5 Å². The number of hydrogen-bond acceptors (Lipinski definition) is 7. The Bertz CT molecular complexity index is 1290. The van der Waals surface area contributed by atoms with Crippen LogP contribution in [0.25, 0.3) is 11.3 Å². The molecular formula is C20H21N3O5S2. The third-order valence-electron chi connectivity index (χ3n) is 4.52. The fraction of sp³-hybridized carbons (Fsp3) is 0.200. The highest BCUT2D eigenvalue weighted by Crippen LogP contribution is 2.29. The van der Waals surface area contributed by atoms with Gasteiger partial charge in [0.15, 0.2) is 14.9 Å². The fourth-order valence-electron chi connectivity index (χ4n) is 2.72. The second-order valence-electron chi connectivity index (χ2n) is 6.80. The zero-order chi connectivity index (χ0) is 22.1. The van der Waals surface area contributed by atoms with E-state index in [1.807, 2.05) is 13.8 Å². The van der Waals surface area contributed by atoms with Crippen molar-refractivity contribution in [1.29, 1.82) is 0 Å². The van der Waals surface area contributed by atoms with E-state index in [1.165, 1.54) is 13.2 Å². The van der Waals surface area contributed by atoms with Gasteiger partial charge in [-0.25, -0.2) is 16.8 Å². The smallest absolute Gasteiger partial charge is 0.265 e. The molecule has 0 amide bonds. The quantitative estimate of drug-likeness (QED) is 0.618. The summed E-state index contributed by atoms with van der Waals surface area (Å²) in [4.78, 5) is 0.0550. The lowest BCUT2D eigenvalue weighted by Crippen LogP contribution is -2.14. The van der Waals surface area contributed by atoms with Crippen LogP contribution < -0.4 is 9.46 Å². The SMILES string of the molecule is COc1cc(C)c(C)cc1S(=O)(=O)Nc1ccc(-c2ccc(S(C)(=O)=O)nn2)cc1. The molecule has 0 saturated carbocycles. The maximum Gasteiger partial charge on any atom is 0.265 e. The summed E-state index contributed by atoms with van der Waals surface area (Å²) in [5.41, 5.74) is 3.25. The first-order valence-corrected chi connectivity index (χ1v) is 12.2. The van der Waals surface area contributed by atoms with E-state index in [0.29, 0.717) is 16.9 Å². The molecule has 10 heteroatoms. The van der Waals surface area contributed by atoms with E-state index in [-0.39, 0.29) is 15.7 Å². The number of sulfone groups is 1. The molecule has 0 aliphatic heterocycles. The predicted octanol–water partition coefficient (Wildman–Crippen LogP) is 2.97. The summed E-state index contributed by atoms with van der Waals surface area (Å²) < 4.78 is 56.5. The fourth-order valence-corrected chi connectivity index (χ4v) is 4.52. The van der Waals surface area contributed by atoms with Crippen LogP contribution in [0.15, 0.2) is 58.5 Å². The van der Waals surface area contributed by atoms with Crippen molar-refractivity contribution in [1.82, 2.24) is 10.2 Å². The predicted molar refractivity (Wildman–Crippen MR) is 114 cm³/mol. The Balaban J connectivity index is 1.86. The second kappa shape index (κ2) is 8.04. The lowest BCUT2D eigenvalue weighted by atomic mass is 10.1. The Kier molecular flexibility index (Phi) is 5.82. The number of anilines is 1. The molecule has 30 heavy (non-hydrogen) atoms. The number of hydrogen-bond donors (Lipinski definition) is 1. The minimum absolute atomic E-state index is 0.0550. The third kappa shape index (κ3) is 4.60. The molecule has 158 valence electrons. The molecule has 0 radical (unpaired) electrons. The molecule has 1 aromatic heterocycles. The standard InChI is InChI=1S/C20H21N3O5S2/c1-13-11-18(28-3)19(12-14(13)2)30(26,27)23-16-7-5-15(6-8-16)17-9-10-20(22-21-17)29(4,24)25/h5-12,23H,1-4H3. The van der Waals surface area contributed by atoms with Crippen LogP contribution in [0.5, 0.6) is 5.75 Å². The zero-order valence-corrected chi connectivity index (χ0v) is 18.5. The van der Waals surface area contributed by atoms with E-state index >= 15 is 0 Å². The minimum atomic E-state index is -3.86. The number of ether oxygens (including phenoxy) is 1. The summed E-state index contributed by atoms with van der Waals surface area (Å²) in [7, 11) is -5.87. The van der Waals surface area contributed by atoms with Gasteiger partial charge in [-0.05, 0) is 61.4 Å². The van der Waals surface area contributed by atoms with Crippen LogP contribution in [0.4, 0.5) is 5.69 Å². The third-order valence-corrected chi connectivity index (χ3v) is 6.90. The van der Waals surface area contributed by atoms with Crippen LogP contribution in [0, 0.1) is 13.8 Å². The molecule has 3 rings (SSSR count). The van der Waals surface area contributed by atoms with E-state index in [2.05, 4.69) is 14.9 Å². The highest BCUT2D eigenvalue weighted by Gasteiger charge is 2.21. The van der Waals surface area contributed by atoms with Crippen molar-refractivity contribution in [2.24, 2.45) is 0 Å². The van der Waals surface area contributed by atoms with Gasteiger partial charge in [0.1, 0.15) is 10.6 Å². The van der Waals surface area contributed by atoms with Crippen LogP contribution in [-0.4, -0.2) is 40.4 Å². The Morgan fingerprint density at radius 3 is 2.03 bits per heavy atom. The van der Waals surface area contributed by atoms with Crippen molar-refractivity contribution < 1.29 is 21.6 Å². The van der Waals surface area contributed by atoms with Gasteiger partial charge in [0.25, 0.3) is 10.0 Å². The summed E-state index contributed by atoms with van der Waals surface area (Å²) in [6, 6.07) is 12.7. The van der Waals surface area contributed by atoms with E-state index in [0.717, 1.165) is 17.4 Å². The molecule has 1 N–H and O–H groups in total. The van der Waals surface area contributed by atoms with Crippen molar-refractivity contribution in [3.8, 4) is 17.0 Å². The van der Waals surface area contributed by atoms with E-state index in [1.54, 1.807) is 42.5 Å². The summed E-state index contributed by atoms with van der Waals surface area (Å²) in [5.74, 6) is 0.267. The number of sulfonamides is 1. The van der Waals surface area contributed by atoms with Crippen LogP contribution in [0.1, 0.15) is 11.1 Å². The zero-order valence-electron chi connectivity index (χ0n) is 16.9. The number of nitrogens with one attached hydrogen (secondary N) is 1. The molecule has 3 aromatic rings. The number of benzene rings is 2. The molecule has 0 unspecified atom stereocenters. The van der Waals surface area contributed by atoms with Crippen molar-refractivity contribution in [3.63, 3.8) is 0 Å². The molecule has 0 fully saturated rings. The molecule has 0 aliphatic carbocycles. The Hall–Kier alpha value is -2.98. The van der Waals surface area contributed by atoms with Gasteiger partial charge < -0.3 is 4.74 Å². The van der Waals surface area contributed by atoms with E-state index in [9.17, 15) is 16.8 Å². The topological polar surface area (TPSA) is 115 Å². The Morgan fingerprint density at radius 2 is 1.50 bits per heavy atom. The summed E-state index contributed by atoms with van der Waals surface area (Å²) in [5, 5.41) is 7.53. The largest absolute Gasteiger partial charge is 0.495 e. The first-order valence-electron chi connectivity index (χ1n) is 8.83. The first kappa shape index (κ1) is 21.7. The molecule has 1 heterocycles. The molecule has 0 spiro atoms. The van der Waals surface area contributed by atoms with Gasteiger partial charge in [-0.3, -0.25) is 4.72 Å². The minimum Gasteiger partial charge on any atom is -0.495 e. The average Bonchev–Trinajstić information content (AvgIpc) is 2.69. The van der Waals surface area contributed by atoms with Crippen molar-refractivity contribution in [2.75, 3.05) is 18.1 Å². The van der Waals surface area contributed by atoms with Crippen molar-refractivity contribution in [2.45, 2.75) is 23.8 Å². The number of aryl methyl sites for hydroxylation is 2. The van der Waals surface area contributed by atoms with Crippen molar-refractivity contribution in [3.05, 3.63) is 59.7 Å². The lowest BCUT2D eigenvalue weighted by molar-refractivity contribution is 0.402. The maximum atomic E-state index is 12.9. The first-order chi connectivity index (χ1) is 14.0. The molecule has 2 aromatic carbocycles. The van der Waals surface area contributed by atoms with Gasteiger partial charge >= 0.3 is 0 Å². The number of nitrogens with zero attached hydrogens (tertiary/aromatic N) is 2. The van der Waals surface area contributed by atoms with Crippen LogP contribution in [-0.2, 0) is 19.9 Å². The molecule has 0 saturated heterocycles. The summed E-state index contributed by atoms with van der Waals surface area (Å²) in [6.07, 6.45) is 1.06. The van der Waals surface area contributed by atoms with Gasteiger partial charge in [-0.2, -0.15) is 0 Å². The van der Waals surface area contributed by atoms with Gasteiger partial charge in [0.2, 0.25) is 0 Å². The molecule has 0 aliphatic rings. The Labute approximate surface area is 175 Å². The van der Waals surface area contributed by atoms with Gasteiger partial charge in [0, 0.05) is 17.5 Å². The highest BCUT2D eigenvalue weighted by molar-refractivity contribution is 7.92. The number of aromatic nitrogens is 2. The van der Waals surface area contributed by atoms with Gasteiger partial charge in [-0.15, -0.1) is 10.2 Å². The summed E-state index contributed by atoms with van der Waals surface area (Å²) >= 11 is 0. The highest BCUT2D eigenvalue weighted by atomic mass is 32.2. The van der Waals surface area contributed by atoms with Crippen LogP contribution in [0.2, 0.25) is 0 Å². The average molecular weight is 448 g/mol. The molecule has 0 bridgehead atoms. The normalized spacial score (nSPS) is 11.9. The molecular weight excluding hydrogens is 426 g/mol. The number of rotatable bonds is 6. The number of methoxy groups -OCH3 is 1. The van der Waals surface area contributed by atoms with Gasteiger partial charge in [-0.1, -0.05) is 12.1 Å². The molecule has 8 nitrogen and oxygen atoms in total. The maximum absolute atomic E-state index is 12.9. The summed E-state index contributed by atoms with van der Waals surface area (Å²) in [6.45, 7) is 3.71. The van der Waals surface area contributed by atoms with Crippen LogP contribution >= 0.6 is 0 Å². The lowest BCUT2D eigenvalue weighted by Gasteiger charge is -2.14. The monoisotopic (exact) mass is 447 g/mol. The van der Waals surface area contributed by atoms with Crippen LogP contribution in [0.3, 0.4) is 0 Å². The Morgan fingerprint density at radius 1 is 0.867 bits per heavy atom. The molecule has 0 atom stereocenters.